The third-order valence-corrected chi connectivity index (χ3v) is 6.59. The number of aryl methyl sites for hydroxylation is 1. The quantitative estimate of drug-likeness (QED) is 0.174. The van der Waals surface area contributed by atoms with Gasteiger partial charge in [0.15, 0.2) is 0 Å². The van der Waals surface area contributed by atoms with Crippen LogP contribution in [0.15, 0.2) is 72.3 Å². The minimum atomic E-state index is -0.842. The highest BCUT2D eigenvalue weighted by Crippen LogP contribution is 2.43. The predicted octanol–water partition coefficient (Wildman–Crippen LogP) is 6.70. The molecular formula is C33H37NO6. The van der Waals surface area contributed by atoms with E-state index in [0.29, 0.717) is 59.1 Å². The number of rotatable bonds is 10. The largest absolute Gasteiger partial charge is 0.507 e. The summed E-state index contributed by atoms with van der Waals surface area (Å²) >= 11 is 0. The van der Waals surface area contributed by atoms with Crippen LogP contribution in [0.2, 0.25) is 0 Å². The molecule has 4 rings (SSSR count). The third kappa shape index (κ3) is 6.14. The van der Waals surface area contributed by atoms with Gasteiger partial charge >= 0.3 is 0 Å². The SMILES string of the molecule is COc1ccc(C2/C(=C(/O)c3ccc(OCC(C)C)c(C)c3)C(=O)C(=O)N2c2ccc(OCC(C)C)cc2)cc1. The molecule has 1 atom stereocenters. The highest BCUT2D eigenvalue weighted by atomic mass is 16.5. The Morgan fingerprint density at radius 2 is 1.45 bits per heavy atom. The van der Waals surface area contributed by atoms with Crippen LogP contribution in [-0.4, -0.2) is 37.1 Å². The molecule has 1 heterocycles. The first-order chi connectivity index (χ1) is 19.1. The summed E-state index contributed by atoms with van der Waals surface area (Å²) in [5, 5.41) is 11.5. The number of ether oxygens (including phenoxy) is 3. The fraction of sp³-hybridized carbons (Fsp3) is 0.333. The van der Waals surface area contributed by atoms with Crippen molar-refractivity contribution < 1.29 is 28.9 Å². The lowest BCUT2D eigenvalue weighted by atomic mass is 9.94. The van der Waals surface area contributed by atoms with Gasteiger partial charge in [0.25, 0.3) is 11.7 Å². The number of nitrogens with zero attached hydrogens (tertiary/aromatic N) is 1. The van der Waals surface area contributed by atoms with Gasteiger partial charge in [-0.25, -0.2) is 0 Å². The van der Waals surface area contributed by atoms with Gasteiger partial charge in [0.05, 0.1) is 31.9 Å². The van der Waals surface area contributed by atoms with Crippen LogP contribution in [0.4, 0.5) is 5.69 Å². The fourth-order valence-corrected chi connectivity index (χ4v) is 4.54. The van der Waals surface area contributed by atoms with Crippen molar-refractivity contribution in [1.82, 2.24) is 0 Å². The van der Waals surface area contributed by atoms with Gasteiger partial charge in [-0.1, -0.05) is 39.8 Å². The molecule has 3 aromatic carbocycles. The van der Waals surface area contributed by atoms with E-state index in [9.17, 15) is 14.7 Å². The summed E-state index contributed by atoms with van der Waals surface area (Å²) in [4.78, 5) is 28.4. The first-order valence-corrected chi connectivity index (χ1v) is 13.5. The summed E-state index contributed by atoms with van der Waals surface area (Å²) in [6.45, 7) is 11.3. The second kappa shape index (κ2) is 12.3. The normalized spacial score (nSPS) is 16.6. The van der Waals surface area contributed by atoms with Crippen molar-refractivity contribution >= 4 is 23.1 Å². The number of ketones is 1. The number of hydrogen-bond donors (Lipinski definition) is 1. The molecule has 7 nitrogen and oxygen atoms in total. The Morgan fingerprint density at radius 3 is 2.02 bits per heavy atom. The minimum absolute atomic E-state index is 0.0190. The predicted molar refractivity (Wildman–Crippen MR) is 156 cm³/mol. The van der Waals surface area contributed by atoms with Crippen LogP contribution in [0, 0.1) is 18.8 Å². The molecule has 3 aromatic rings. The highest BCUT2D eigenvalue weighted by molar-refractivity contribution is 6.51. The summed E-state index contributed by atoms with van der Waals surface area (Å²) in [7, 11) is 1.57. The molecule has 40 heavy (non-hydrogen) atoms. The van der Waals surface area contributed by atoms with Crippen LogP contribution in [0.5, 0.6) is 17.2 Å². The van der Waals surface area contributed by atoms with Crippen molar-refractivity contribution in [3.05, 3.63) is 89.0 Å². The van der Waals surface area contributed by atoms with E-state index in [1.807, 2.05) is 6.92 Å². The molecule has 1 unspecified atom stereocenters. The minimum Gasteiger partial charge on any atom is -0.507 e. The lowest BCUT2D eigenvalue weighted by Crippen LogP contribution is -2.29. The first-order valence-electron chi connectivity index (χ1n) is 13.5. The number of carbonyl (C=O) groups excluding carboxylic acids is 2. The van der Waals surface area contributed by atoms with Crippen LogP contribution in [0.25, 0.3) is 5.76 Å². The van der Waals surface area contributed by atoms with E-state index < -0.39 is 17.7 Å². The van der Waals surface area contributed by atoms with Gasteiger partial charge in [-0.2, -0.15) is 0 Å². The molecule has 7 heteroatoms. The first kappa shape index (κ1) is 28.7. The second-order valence-corrected chi connectivity index (χ2v) is 10.8. The molecule has 1 aliphatic heterocycles. The van der Waals surface area contributed by atoms with Gasteiger partial charge in [0.2, 0.25) is 0 Å². The van der Waals surface area contributed by atoms with E-state index in [2.05, 4.69) is 27.7 Å². The van der Waals surface area contributed by atoms with Crippen molar-refractivity contribution in [1.29, 1.82) is 0 Å². The number of aliphatic hydroxyl groups is 1. The van der Waals surface area contributed by atoms with Crippen LogP contribution < -0.4 is 19.1 Å². The van der Waals surface area contributed by atoms with E-state index in [1.54, 1.807) is 73.8 Å². The zero-order chi connectivity index (χ0) is 29.0. The molecule has 0 aromatic heterocycles. The van der Waals surface area contributed by atoms with Gasteiger partial charge < -0.3 is 19.3 Å². The number of hydrogen-bond acceptors (Lipinski definition) is 6. The molecule has 0 aliphatic carbocycles. The average Bonchev–Trinajstić information content (AvgIpc) is 3.21. The molecule has 1 fully saturated rings. The summed E-state index contributed by atoms with van der Waals surface area (Å²) in [6, 6.07) is 18.6. The van der Waals surface area contributed by atoms with E-state index >= 15 is 0 Å². The molecule has 0 bridgehead atoms. The zero-order valence-electron chi connectivity index (χ0n) is 23.9. The molecule has 1 N–H and O–H groups in total. The molecular weight excluding hydrogens is 506 g/mol. The Hall–Kier alpha value is -4.26. The average molecular weight is 544 g/mol. The van der Waals surface area contributed by atoms with E-state index in [4.69, 9.17) is 14.2 Å². The Kier molecular flexibility index (Phi) is 8.83. The van der Waals surface area contributed by atoms with E-state index in [1.165, 1.54) is 4.90 Å². The lowest BCUT2D eigenvalue weighted by molar-refractivity contribution is -0.132. The number of Topliss-reactive ketones (excluding diaryl/α,β-unsaturated/α-hetero) is 1. The van der Waals surface area contributed by atoms with Crippen LogP contribution in [-0.2, 0) is 9.59 Å². The van der Waals surface area contributed by atoms with Crippen molar-refractivity contribution in [2.45, 2.75) is 40.7 Å². The molecule has 0 saturated carbocycles. The number of carbonyl (C=O) groups is 2. The smallest absolute Gasteiger partial charge is 0.300 e. The summed E-state index contributed by atoms with van der Waals surface area (Å²) < 4.78 is 17.0. The molecule has 1 amide bonds. The maximum atomic E-state index is 13.5. The Bertz CT molecular complexity index is 1390. The number of aliphatic hydroxyl groups excluding tert-OH is 1. The maximum Gasteiger partial charge on any atom is 0.300 e. The zero-order valence-corrected chi connectivity index (χ0v) is 23.9. The van der Waals surface area contributed by atoms with Gasteiger partial charge in [0, 0.05) is 11.3 Å². The Labute approximate surface area is 236 Å². The van der Waals surface area contributed by atoms with E-state index in [-0.39, 0.29) is 11.3 Å². The number of benzene rings is 3. The highest BCUT2D eigenvalue weighted by Gasteiger charge is 2.47. The number of anilines is 1. The van der Waals surface area contributed by atoms with Gasteiger partial charge in [-0.3, -0.25) is 14.5 Å². The van der Waals surface area contributed by atoms with Crippen LogP contribution in [0.3, 0.4) is 0 Å². The van der Waals surface area contributed by atoms with Crippen molar-refractivity contribution in [2.24, 2.45) is 11.8 Å². The molecule has 1 saturated heterocycles. The third-order valence-electron chi connectivity index (χ3n) is 6.59. The standard InChI is InChI=1S/C33H37NO6/c1-20(2)18-39-27-14-10-25(11-15-27)34-30(23-7-12-26(38-6)13-8-23)29(32(36)33(34)37)31(35)24-9-16-28(22(5)17-24)40-19-21(3)4/h7-17,20-21,30,35H,18-19H2,1-6H3/b31-29-. The van der Waals surface area contributed by atoms with Crippen molar-refractivity contribution in [2.75, 3.05) is 25.2 Å². The molecule has 210 valence electrons. The molecule has 0 radical (unpaired) electrons. The number of methoxy groups -OCH3 is 1. The maximum absolute atomic E-state index is 13.5. The fourth-order valence-electron chi connectivity index (χ4n) is 4.54. The van der Waals surface area contributed by atoms with Crippen molar-refractivity contribution in [3.63, 3.8) is 0 Å². The van der Waals surface area contributed by atoms with Gasteiger partial charge in [0.1, 0.15) is 23.0 Å². The van der Waals surface area contributed by atoms with Gasteiger partial charge in [-0.15, -0.1) is 0 Å². The van der Waals surface area contributed by atoms with Gasteiger partial charge in [-0.05, 0) is 84.5 Å². The van der Waals surface area contributed by atoms with Crippen LogP contribution >= 0.6 is 0 Å². The lowest BCUT2D eigenvalue weighted by Gasteiger charge is -2.26. The second-order valence-electron chi connectivity index (χ2n) is 10.8. The Morgan fingerprint density at radius 1 is 0.850 bits per heavy atom. The van der Waals surface area contributed by atoms with E-state index in [0.717, 1.165) is 5.56 Å². The molecule has 1 aliphatic rings. The summed E-state index contributed by atoms with van der Waals surface area (Å²) in [6.07, 6.45) is 0. The van der Waals surface area contributed by atoms with Crippen molar-refractivity contribution in [3.8, 4) is 17.2 Å². The topological polar surface area (TPSA) is 85.3 Å². The van der Waals surface area contributed by atoms with Crippen LogP contribution in [0.1, 0.15) is 50.4 Å². The molecule has 0 spiro atoms. The summed E-state index contributed by atoms with van der Waals surface area (Å²) in [5.74, 6) is 1.04. The summed E-state index contributed by atoms with van der Waals surface area (Å²) in [5.41, 5.74) is 2.45. The number of amides is 1. The monoisotopic (exact) mass is 543 g/mol. The Balaban J connectivity index is 1.78.